The van der Waals surface area contributed by atoms with Crippen molar-refractivity contribution in [2.45, 2.75) is 83.3 Å². The van der Waals surface area contributed by atoms with Gasteiger partial charge in [0.1, 0.15) is 0 Å². The number of rotatable bonds is 8. The van der Waals surface area contributed by atoms with Gasteiger partial charge in [0.15, 0.2) is 0 Å². The summed E-state index contributed by atoms with van der Waals surface area (Å²) >= 11 is 0. The number of esters is 1. The first-order valence-electron chi connectivity index (χ1n) is 10.2. The largest absolute Gasteiger partial charge is 0.469 e. The van der Waals surface area contributed by atoms with E-state index in [1.165, 1.54) is 26.4 Å². The van der Waals surface area contributed by atoms with E-state index in [1.807, 2.05) is 19.9 Å². The van der Waals surface area contributed by atoms with Gasteiger partial charge in [-0.15, -0.1) is 0 Å². The third kappa shape index (κ3) is 6.13. The van der Waals surface area contributed by atoms with E-state index in [4.69, 9.17) is 10.5 Å². The van der Waals surface area contributed by atoms with Crippen molar-refractivity contribution in [2.75, 3.05) is 24.3 Å². The normalized spacial score (nSPS) is 16.8. The highest BCUT2D eigenvalue weighted by Crippen LogP contribution is 2.35. The Balaban J connectivity index is 2.29. The average molecular weight is 377 g/mol. The first-order valence-corrected chi connectivity index (χ1v) is 10.2. The van der Waals surface area contributed by atoms with Crippen LogP contribution in [0.25, 0.3) is 0 Å². The molecule has 2 rings (SSSR count). The molecule has 1 aliphatic rings. The molecule has 27 heavy (non-hydrogen) atoms. The lowest BCUT2D eigenvalue weighted by molar-refractivity contribution is -0.141. The van der Waals surface area contributed by atoms with Crippen LogP contribution in [0.2, 0.25) is 0 Å². The van der Waals surface area contributed by atoms with E-state index >= 15 is 0 Å². The molecular formula is C22H36N2O3. The van der Waals surface area contributed by atoms with Crippen molar-refractivity contribution in [2.24, 2.45) is 0 Å². The minimum absolute atomic E-state index is 0.103. The molecule has 0 heterocycles. The number of ether oxygens (including phenoxy) is 1. The Kier molecular flexibility index (Phi) is 7.54. The topological polar surface area (TPSA) is 75.8 Å². The molecule has 1 aromatic rings. The summed E-state index contributed by atoms with van der Waals surface area (Å²) in [5.41, 5.74) is 8.44. The Labute approximate surface area is 163 Å². The van der Waals surface area contributed by atoms with Crippen molar-refractivity contribution in [1.29, 1.82) is 0 Å². The van der Waals surface area contributed by atoms with Gasteiger partial charge in [0.2, 0.25) is 0 Å². The first-order chi connectivity index (χ1) is 12.7. The van der Waals surface area contributed by atoms with Gasteiger partial charge in [-0.25, -0.2) is 0 Å². The molecule has 152 valence electrons. The summed E-state index contributed by atoms with van der Waals surface area (Å²) in [5, 5.41) is 10.4. The second kappa shape index (κ2) is 9.45. The predicted octanol–water partition coefficient (Wildman–Crippen LogP) is 4.24. The molecule has 0 spiro atoms. The van der Waals surface area contributed by atoms with Gasteiger partial charge in [0.25, 0.3) is 0 Å². The molecule has 1 atom stereocenters. The van der Waals surface area contributed by atoms with Gasteiger partial charge in [0.05, 0.1) is 30.5 Å². The quantitative estimate of drug-likeness (QED) is 0.524. The van der Waals surface area contributed by atoms with Crippen LogP contribution >= 0.6 is 0 Å². The smallest absolute Gasteiger partial charge is 0.306 e. The Bertz CT molecular complexity index is 618. The summed E-state index contributed by atoms with van der Waals surface area (Å²) in [6, 6.07) is 6.54. The Morgan fingerprint density at radius 3 is 2.52 bits per heavy atom. The van der Waals surface area contributed by atoms with Gasteiger partial charge in [-0.1, -0.05) is 32.3 Å². The zero-order chi connectivity index (χ0) is 20.0. The maximum Gasteiger partial charge on any atom is 0.306 e. The fourth-order valence-corrected chi connectivity index (χ4v) is 4.09. The van der Waals surface area contributed by atoms with Crippen LogP contribution in [0.15, 0.2) is 18.2 Å². The van der Waals surface area contributed by atoms with Crippen LogP contribution in [0.5, 0.6) is 0 Å². The number of hydrogen-bond acceptors (Lipinski definition) is 5. The number of carbonyl (C=O) groups is 1. The van der Waals surface area contributed by atoms with Crippen LogP contribution in [0.1, 0.15) is 77.2 Å². The summed E-state index contributed by atoms with van der Waals surface area (Å²) in [5.74, 6) is -0.0958. The molecule has 3 N–H and O–H groups in total. The number of methoxy groups -OCH3 is 1. The number of hydrogen-bond donors (Lipinski definition) is 2. The van der Waals surface area contributed by atoms with Crippen molar-refractivity contribution in [3.8, 4) is 0 Å². The molecule has 0 saturated heterocycles. The maximum atomic E-state index is 11.7. The van der Waals surface area contributed by atoms with Crippen LogP contribution in [-0.4, -0.2) is 36.4 Å². The molecule has 1 fully saturated rings. The molecule has 0 bridgehead atoms. The zero-order valence-electron chi connectivity index (χ0n) is 17.3. The molecule has 0 amide bonds. The summed E-state index contributed by atoms with van der Waals surface area (Å²) in [4.78, 5) is 14.0. The second-order valence-electron chi connectivity index (χ2n) is 8.44. The van der Waals surface area contributed by atoms with Gasteiger partial charge < -0.3 is 20.5 Å². The standard InChI is InChI=1S/C22H36N2O3/c1-5-16(14-21(25)27-4)17-11-12-20(19(23)13-17)24(15-22(2,3)26)18-9-7-6-8-10-18/h11-13,16,18,26H,5-10,14-15,23H2,1-4H3/t16-/m0/s1. The number of aliphatic hydroxyl groups is 1. The van der Waals surface area contributed by atoms with Crippen molar-refractivity contribution in [3.05, 3.63) is 23.8 Å². The molecular weight excluding hydrogens is 340 g/mol. The van der Waals surface area contributed by atoms with Crippen molar-refractivity contribution < 1.29 is 14.6 Å². The van der Waals surface area contributed by atoms with Crippen LogP contribution in [0.3, 0.4) is 0 Å². The van der Waals surface area contributed by atoms with E-state index in [-0.39, 0.29) is 11.9 Å². The fraction of sp³-hybridized carbons (Fsp3) is 0.682. The molecule has 1 aromatic carbocycles. The molecule has 0 aromatic heterocycles. The minimum atomic E-state index is -0.792. The van der Waals surface area contributed by atoms with Gasteiger partial charge >= 0.3 is 5.97 Å². The molecule has 0 radical (unpaired) electrons. The Hall–Kier alpha value is -1.75. The summed E-state index contributed by atoms with van der Waals surface area (Å²) in [6.07, 6.45) is 7.22. The van der Waals surface area contributed by atoms with Crippen molar-refractivity contribution >= 4 is 17.3 Å². The second-order valence-corrected chi connectivity index (χ2v) is 8.44. The lowest BCUT2D eigenvalue weighted by Crippen LogP contribution is -2.45. The third-order valence-corrected chi connectivity index (χ3v) is 5.54. The van der Waals surface area contributed by atoms with Crippen LogP contribution < -0.4 is 10.6 Å². The molecule has 5 nitrogen and oxygen atoms in total. The van der Waals surface area contributed by atoms with E-state index < -0.39 is 5.60 Å². The Morgan fingerprint density at radius 1 is 1.33 bits per heavy atom. The highest BCUT2D eigenvalue weighted by molar-refractivity contribution is 5.72. The summed E-state index contributed by atoms with van der Waals surface area (Å²) < 4.78 is 4.82. The van der Waals surface area contributed by atoms with E-state index in [2.05, 4.69) is 24.0 Å². The van der Waals surface area contributed by atoms with E-state index in [0.717, 1.165) is 30.5 Å². The van der Waals surface area contributed by atoms with Crippen LogP contribution in [-0.2, 0) is 9.53 Å². The number of nitrogens with two attached hydrogens (primary N) is 1. The van der Waals surface area contributed by atoms with E-state index in [0.29, 0.717) is 24.7 Å². The number of nitrogen functional groups attached to an aromatic ring is 1. The lowest BCUT2D eigenvalue weighted by atomic mass is 9.90. The van der Waals surface area contributed by atoms with E-state index in [9.17, 15) is 9.90 Å². The molecule has 5 heteroatoms. The number of benzene rings is 1. The number of anilines is 2. The summed E-state index contributed by atoms with van der Waals surface area (Å²) in [7, 11) is 1.42. The summed E-state index contributed by atoms with van der Waals surface area (Å²) in [6.45, 7) is 6.31. The molecule has 1 aliphatic carbocycles. The number of carbonyl (C=O) groups excluding carboxylic acids is 1. The predicted molar refractivity (Wildman–Crippen MR) is 111 cm³/mol. The Morgan fingerprint density at radius 2 is 2.00 bits per heavy atom. The molecule has 0 aliphatic heterocycles. The van der Waals surface area contributed by atoms with Gasteiger partial charge in [-0.05, 0) is 56.7 Å². The number of nitrogens with zero attached hydrogens (tertiary/aromatic N) is 1. The van der Waals surface area contributed by atoms with E-state index in [1.54, 1.807) is 0 Å². The van der Waals surface area contributed by atoms with Crippen molar-refractivity contribution in [3.63, 3.8) is 0 Å². The maximum absolute atomic E-state index is 11.7. The molecule has 0 unspecified atom stereocenters. The van der Waals surface area contributed by atoms with Crippen LogP contribution in [0.4, 0.5) is 11.4 Å². The van der Waals surface area contributed by atoms with Gasteiger partial charge in [-0.2, -0.15) is 0 Å². The fourth-order valence-electron chi connectivity index (χ4n) is 4.09. The van der Waals surface area contributed by atoms with Crippen molar-refractivity contribution in [1.82, 2.24) is 0 Å². The lowest BCUT2D eigenvalue weighted by Gasteiger charge is -2.40. The monoisotopic (exact) mass is 376 g/mol. The first kappa shape index (κ1) is 21.5. The highest BCUT2D eigenvalue weighted by Gasteiger charge is 2.28. The SMILES string of the molecule is CC[C@@H](CC(=O)OC)c1ccc(N(CC(C)(C)O)C2CCCCC2)c(N)c1. The highest BCUT2D eigenvalue weighted by atomic mass is 16.5. The zero-order valence-corrected chi connectivity index (χ0v) is 17.3. The minimum Gasteiger partial charge on any atom is -0.469 e. The van der Waals surface area contributed by atoms with Gasteiger partial charge in [0, 0.05) is 12.6 Å². The third-order valence-electron chi connectivity index (χ3n) is 5.54. The average Bonchev–Trinajstić information content (AvgIpc) is 2.64. The molecule has 1 saturated carbocycles. The van der Waals surface area contributed by atoms with Crippen LogP contribution in [0, 0.1) is 0 Å². The van der Waals surface area contributed by atoms with Gasteiger partial charge in [-0.3, -0.25) is 4.79 Å².